The van der Waals surface area contributed by atoms with Gasteiger partial charge >= 0.3 is 0 Å². The molecule has 0 saturated carbocycles. The molecule has 1 aliphatic heterocycles. The third-order valence-corrected chi connectivity index (χ3v) is 4.54. The Labute approximate surface area is 161 Å². The predicted octanol–water partition coefficient (Wildman–Crippen LogP) is 4.47. The lowest BCUT2D eigenvalue weighted by atomic mass is 10.1. The number of nitrogens with one attached hydrogen (secondary N) is 1. The van der Waals surface area contributed by atoms with Crippen LogP contribution in [0, 0.1) is 11.3 Å². The lowest BCUT2D eigenvalue weighted by Crippen LogP contribution is -2.20. The van der Waals surface area contributed by atoms with Crippen LogP contribution < -0.4 is 5.32 Å². The summed E-state index contributed by atoms with van der Waals surface area (Å²) in [5, 5.41) is 16.4. The van der Waals surface area contributed by atoms with Crippen molar-refractivity contribution in [3.05, 3.63) is 46.6 Å². The van der Waals surface area contributed by atoms with Crippen molar-refractivity contribution >= 4 is 34.8 Å². The molecule has 2 aromatic rings. The molecule has 0 radical (unpaired) electrons. The van der Waals surface area contributed by atoms with Crippen molar-refractivity contribution in [2.75, 3.05) is 11.9 Å². The Kier molecular flexibility index (Phi) is 5.62. The van der Waals surface area contributed by atoms with Crippen LogP contribution in [0.2, 0.25) is 5.02 Å². The van der Waals surface area contributed by atoms with Gasteiger partial charge in [-0.25, -0.2) is 4.68 Å². The maximum atomic E-state index is 12.0. The number of ether oxygens (including phenoxy) is 1. The summed E-state index contributed by atoms with van der Waals surface area (Å²) in [5.41, 5.74) is 1.90. The molecule has 0 spiro atoms. The van der Waals surface area contributed by atoms with Gasteiger partial charge in [-0.15, -0.1) is 0 Å². The molecule has 0 bridgehead atoms. The molecule has 3 rings (SSSR count). The number of nitriles is 1. The van der Waals surface area contributed by atoms with E-state index in [-0.39, 0.29) is 11.3 Å². The maximum Gasteiger partial charge on any atom is 0.266 e. The Morgan fingerprint density at radius 3 is 2.92 bits per heavy atom. The molecule has 1 aliphatic rings. The van der Waals surface area contributed by atoms with Crippen molar-refractivity contribution in [3.8, 4) is 17.3 Å². The zero-order valence-corrected chi connectivity index (χ0v) is 15.3. The summed E-state index contributed by atoms with van der Waals surface area (Å²) in [5.74, 6) is -0.570. The number of benzene rings is 1. The number of hydrogen-bond acceptors (Lipinski definition) is 4. The molecule has 0 aliphatic carbocycles. The summed E-state index contributed by atoms with van der Waals surface area (Å²) in [7, 11) is 0. The average Bonchev–Trinajstić information content (AvgIpc) is 3.11. The first-order chi connectivity index (χ1) is 12.5. The van der Waals surface area contributed by atoms with Crippen LogP contribution in [0.25, 0.3) is 11.3 Å². The normalized spacial score (nSPS) is 16.7. The molecule has 8 heteroatoms. The summed E-state index contributed by atoms with van der Waals surface area (Å²) in [6, 6.07) is 6.89. The van der Waals surface area contributed by atoms with Crippen LogP contribution in [0.4, 0.5) is 5.69 Å². The Balaban J connectivity index is 2.10. The Hall–Kier alpha value is -2.33. The third-order valence-electron chi connectivity index (χ3n) is 4.07. The van der Waals surface area contributed by atoms with Gasteiger partial charge in [0, 0.05) is 18.4 Å². The van der Waals surface area contributed by atoms with Gasteiger partial charge in [0.1, 0.15) is 0 Å². The number of nitrogens with zero attached hydrogens (tertiary/aromatic N) is 3. The lowest BCUT2D eigenvalue weighted by Gasteiger charge is -2.25. The van der Waals surface area contributed by atoms with E-state index in [1.807, 2.05) is 6.07 Å². The van der Waals surface area contributed by atoms with E-state index in [0.29, 0.717) is 34.1 Å². The van der Waals surface area contributed by atoms with Gasteiger partial charge in [0.2, 0.25) is 0 Å². The number of amides is 1. The molecule has 26 heavy (non-hydrogen) atoms. The first-order valence-electron chi connectivity index (χ1n) is 8.06. The van der Waals surface area contributed by atoms with Crippen LogP contribution in [0.3, 0.4) is 0 Å². The second-order valence-electron chi connectivity index (χ2n) is 5.83. The molecule has 1 aromatic carbocycles. The lowest BCUT2D eigenvalue weighted by molar-refractivity contribution is -0.112. The summed E-state index contributed by atoms with van der Waals surface area (Å²) in [6.45, 7) is 4.08. The molecule has 1 N–H and O–H groups in total. The number of anilines is 1. The standard InChI is InChI=1S/C18H16Cl2N4O2/c1-11(19)18(25)23-14-9-12(10-21)8-13(20)17(14)15-5-6-22-24(15)16-4-2-3-7-26-16/h5-6,8-9,16H,1-4,7H2,(H,23,25). The van der Waals surface area contributed by atoms with Gasteiger partial charge < -0.3 is 10.1 Å². The SMILES string of the molecule is C=C(Cl)C(=O)Nc1cc(C#N)cc(Cl)c1-c1ccnn1C1CCCCO1. The molecular formula is C18H16Cl2N4O2. The topological polar surface area (TPSA) is 79.9 Å². The maximum absolute atomic E-state index is 12.0. The number of aromatic nitrogens is 2. The highest BCUT2D eigenvalue weighted by molar-refractivity contribution is 6.43. The summed E-state index contributed by atoms with van der Waals surface area (Å²) < 4.78 is 7.56. The van der Waals surface area contributed by atoms with Gasteiger partial charge in [-0.3, -0.25) is 4.79 Å². The van der Waals surface area contributed by atoms with E-state index in [1.165, 1.54) is 6.07 Å². The predicted molar refractivity (Wildman–Crippen MR) is 99.9 cm³/mol. The van der Waals surface area contributed by atoms with Crippen LogP contribution >= 0.6 is 23.2 Å². The van der Waals surface area contributed by atoms with E-state index in [4.69, 9.17) is 27.9 Å². The highest BCUT2D eigenvalue weighted by atomic mass is 35.5. The van der Waals surface area contributed by atoms with Gasteiger partial charge in [0.25, 0.3) is 5.91 Å². The average molecular weight is 391 g/mol. The quantitative estimate of drug-likeness (QED) is 0.781. The van der Waals surface area contributed by atoms with Crippen LogP contribution in [-0.2, 0) is 9.53 Å². The first kappa shape index (κ1) is 18.5. The largest absolute Gasteiger partial charge is 0.356 e. The van der Waals surface area contributed by atoms with Gasteiger partial charge in [-0.1, -0.05) is 29.8 Å². The number of carbonyl (C=O) groups excluding carboxylic acids is 1. The second kappa shape index (κ2) is 7.92. The van der Waals surface area contributed by atoms with E-state index in [9.17, 15) is 10.1 Å². The number of rotatable bonds is 4. The van der Waals surface area contributed by atoms with Crippen molar-refractivity contribution in [3.63, 3.8) is 0 Å². The smallest absolute Gasteiger partial charge is 0.266 e. The van der Waals surface area contributed by atoms with Crippen LogP contribution in [0.5, 0.6) is 0 Å². The van der Waals surface area contributed by atoms with Crippen LogP contribution in [-0.4, -0.2) is 22.3 Å². The third kappa shape index (κ3) is 3.75. The Morgan fingerprint density at radius 2 is 2.27 bits per heavy atom. The summed E-state index contributed by atoms with van der Waals surface area (Å²) in [6.07, 6.45) is 4.34. The van der Waals surface area contributed by atoms with E-state index >= 15 is 0 Å². The molecule has 6 nitrogen and oxygen atoms in total. The monoisotopic (exact) mass is 390 g/mol. The van der Waals surface area contributed by atoms with Crippen molar-refractivity contribution in [1.29, 1.82) is 5.26 Å². The van der Waals surface area contributed by atoms with E-state index in [1.54, 1.807) is 23.0 Å². The Morgan fingerprint density at radius 1 is 1.46 bits per heavy atom. The summed E-state index contributed by atoms with van der Waals surface area (Å²) in [4.78, 5) is 12.0. The van der Waals surface area contributed by atoms with Gasteiger partial charge in [-0.2, -0.15) is 10.4 Å². The highest BCUT2D eigenvalue weighted by Gasteiger charge is 2.23. The fraction of sp³-hybridized carbons (Fsp3) is 0.278. The minimum Gasteiger partial charge on any atom is -0.356 e. The molecule has 1 atom stereocenters. The molecule has 1 saturated heterocycles. The molecular weight excluding hydrogens is 375 g/mol. The minimum atomic E-state index is -0.570. The van der Waals surface area contributed by atoms with Crippen molar-refractivity contribution in [1.82, 2.24) is 9.78 Å². The van der Waals surface area contributed by atoms with E-state index in [2.05, 4.69) is 17.0 Å². The van der Waals surface area contributed by atoms with Crippen molar-refractivity contribution in [2.45, 2.75) is 25.5 Å². The van der Waals surface area contributed by atoms with Gasteiger partial charge in [0.05, 0.1) is 33.1 Å². The molecule has 1 fully saturated rings. The highest BCUT2D eigenvalue weighted by Crippen LogP contribution is 2.38. The van der Waals surface area contributed by atoms with Crippen LogP contribution in [0.15, 0.2) is 36.0 Å². The van der Waals surface area contributed by atoms with Gasteiger partial charge in [0.15, 0.2) is 6.23 Å². The number of carbonyl (C=O) groups is 1. The molecule has 1 aromatic heterocycles. The zero-order chi connectivity index (χ0) is 18.7. The fourth-order valence-electron chi connectivity index (χ4n) is 2.88. The molecule has 1 unspecified atom stereocenters. The van der Waals surface area contributed by atoms with Gasteiger partial charge in [-0.05, 0) is 37.5 Å². The second-order valence-corrected chi connectivity index (χ2v) is 6.70. The Bertz CT molecular complexity index is 895. The van der Waals surface area contributed by atoms with E-state index < -0.39 is 5.91 Å². The first-order valence-corrected chi connectivity index (χ1v) is 8.81. The molecule has 1 amide bonds. The molecule has 2 heterocycles. The fourth-order valence-corrected chi connectivity index (χ4v) is 3.24. The number of hydrogen-bond donors (Lipinski definition) is 1. The summed E-state index contributed by atoms with van der Waals surface area (Å²) >= 11 is 12.1. The van der Waals surface area contributed by atoms with E-state index in [0.717, 1.165) is 19.3 Å². The van der Waals surface area contributed by atoms with Crippen molar-refractivity contribution in [2.24, 2.45) is 0 Å². The van der Waals surface area contributed by atoms with Crippen molar-refractivity contribution < 1.29 is 9.53 Å². The molecule has 134 valence electrons. The van der Waals surface area contributed by atoms with Crippen LogP contribution in [0.1, 0.15) is 31.1 Å². The number of halogens is 2. The minimum absolute atomic E-state index is 0.168. The zero-order valence-electron chi connectivity index (χ0n) is 13.8.